The summed E-state index contributed by atoms with van der Waals surface area (Å²) in [4.78, 5) is 11.1. The fraction of sp³-hybridized carbons (Fsp3) is 0.222. The van der Waals surface area contributed by atoms with Crippen molar-refractivity contribution in [2.75, 3.05) is 12.8 Å². The molecule has 0 unspecified atom stereocenters. The molecule has 3 nitrogen and oxygen atoms in total. The van der Waals surface area contributed by atoms with Crippen molar-refractivity contribution in [2.45, 2.75) is 6.92 Å². The lowest BCUT2D eigenvalue weighted by molar-refractivity contribution is 0.101. The maximum Gasteiger partial charge on any atom is 0.163 e. The van der Waals surface area contributed by atoms with E-state index in [1.807, 2.05) is 0 Å². The number of nitrogens with two attached hydrogens (primary N) is 1. The number of benzene rings is 1. The Hall–Kier alpha value is -1.22. The first-order valence-corrected chi connectivity index (χ1v) is 4.08. The molecule has 1 rings (SSSR count). The lowest BCUT2D eigenvalue weighted by atomic mass is 10.1. The molecule has 0 bridgehead atoms. The van der Waals surface area contributed by atoms with Crippen LogP contribution in [0.3, 0.4) is 0 Å². The van der Waals surface area contributed by atoms with Gasteiger partial charge in [-0.05, 0) is 19.1 Å². The van der Waals surface area contributed by atoms with Crippen LogP contribution in [0.15, 0.2) is 12.1 Å². The van der Waals surface area contributed by atoms with Crippen molar-refractivity contribution in [3.8, 4) is 5.75 Å². The fourth-order valence-electron chi connectivity index (χ4n) is 1.07. The Bertz CT molecular complexity index is 350. The second kappa shape index (κ2) is 3.66. The van der Waals surface area contributed by atoms with Crippen LogP contribution in [0.2, 0.25) is 5.02 Å². The molecule has 0 heterocycles. The minimum Gasteiger partial charge on any atom is -0.494 e. The number of hydrogen-bond acceptors (Lipinski definition) is 3. The first kappa shape index (κ1) is 9.86. The van der Waals surface area contributed by atoms with E-state index in [9.17, 15) is 4.79 Å². The number of ketones is 1. The molecule has 1 aromatic carbocycles. The highest BCUT2D eigenvalue weighted by Crippen LogP contribution is 2.32. The first-order chi connectivity index (χ1) is 6.07. The van der Waals surface area contributed by atoms with Gasteiger partial charge in [-0.25, -0.2) is 0 Å². The third-order valence-electron chi connectivity index (χ3n) is 1.73. The van der Waals surface area contributed by atoms with Gasteiger partial charge in [0.2, 0.25) is 0 Å². The molecule has 0 aliphatic rings. The smallest absolute Gasteiger partial charge is 0.163 e. The summed E-state index contributed by atoms with van der Waals surface area (Å²) in [6.45, 7) is 1.45. The van der Waals surface area contributed by atoms with E-state index >= 15 is 0 Å². The van der Waals surface area contributed by atoms with Gasteiger partial charge in [-0.15, -0.1) is 0 Å². The highest BCUT2D eigenvalue weighted by molar-refractivity contribution is 6.33. The summed E-state index contributed by atoms with van der Waals surface area (Å²) < 4.78 is 4.99. The molecule has 0 radical (unpaired) electrons. The zero-order valence-electron chi connectivity index (χ0n) is 7.43. The third-order valence-corrected chi connectivity index (χ3v) is 2.06. The number of carbonyl (C=O) groups excluding carboxylic acids is 1. The molecule has 0 aliphatic heterocycles. The van der Waals surface area contributed by atoms with E-state index in [4.69, 9.17) is 22.1 Å². The number of Topliss-reactive ketones (excluding diaryl/α,β-unsaturated/α-hetero) is 1. The molecule has 0 saturated carbocycles. The zero-order chi connectivity index (χ0) is 10.0. The van der Waals surface area contributed by atoms with E-state index in [1.54, 1.807) is 12.1 Å². The van der Waals surface area contributed by atoms with Gasteiger partial charge in [-0.3, -0.25) is 4.79 Å². The number of hydrogen-bond donors (Lipinski definition) is 1. The van der Waals surface area contributed by atoms with Crippen LogP contribution in [0.5, 0.6) is 5.75 Å². The van der Waals surface area contributed by atoms with Gasteiger partial charge in [0.25, 0.3) is 0 Å². The van der Waals surface area contributed by atoms with Gasteiger partial charge in [-0.2, -0.15) is 0 Å². The third kappa shape index (κ3) is 1.75. The molecule has 0 atom stereocenters. The highest BCUT2D eigenvalue weighted by Gasteiger charge is 2.12. The number of halogens is 1. The molecule has 0 aromatic heterocycles. The normalized spacial score (nSPS) is 9.77. The molecule has 0 fully saturated rings. The summed E-state index contributed by atoms with van der Waals surface area (Å²) in [5.74, 6) is 0.250. The molecular weight excluding hydrogens is 190 g/mol. The Kier molecular flexibility index (Phi) is 2.78. The van der Waals surface area contributed by atoms with Crippen LogP contribution >= 0.6 is 11.6 Å². The van der Waals surface area contributed by atoms with Gasteiger partial charge in [-0.1, -0.05) is 11.6 Å². The van der Waals surface area contributed by atoms with Crippen molar-refractivity contribution in [3.63, 3.8) is 0 Å². The molecule has 13 heavy (non-hydrogen) atoms. The Morgan fingerprint density at radius 1 is 1.54 bits per heavy atom. The fourth-order valence-corrected chi connectivity index (χ4v) is 1.22. The second-order valence-electron chi connectivity index (χ2n) is 2.60. The van der Waals surface area contributed by atoms with E-state index < -0.39 is 0 Å². The predicted octanol–water partition coefficient (Wildman–Crippen LogP) is 2.13. The van der Waals surface area contributed by atoms with Crippen LogP contribution in [-0.2, 0) is 0 Å². The summed E-state index contributed by atoms with van der Waals surface area (Å²) in [5, 5.41) is 0.391. The van der Waals surface area contributed by atoms with Crippen LogP contribution in [0.25, 0.3) is 0 Å². The molecular formula is C9H10ClNO2. The standard InChI is InChI=1S/C9H10ClNO2/c1-5(12)6-3-4-7(10)8(11)9(6)13-2/h3-4H,11H2,1-2H3. The van der Waals surface area contributed by atoms with Crippen LogP contribution in [0.4, 0.5) is 5.69 Å². The van der Waals surface area contributed by atoms with Crippen LogP contribution in [0, 0.1) is 0 Å². The highest BCUT2D eigenvalue weighted by atomic mass is 35.5. The average molecular weight is 200 g/mol. The van der Waals surface area contributed by atoms with Crippen LogP contribution in [-0.4, -0.2) is 12.9 Å². The molecule has 0 aliphatic carbocycles. The molecule has 1 aromatic rings. The molecule has 70 valence electrons. The second-order valence-corrected chi connectivity index (χ2v) is 3.01. The van der Waals surface area contributed by atoms with E-state index in [0.717, 1.165) is 0 Å². The minimum absolute atomic E-state index is 0.0970. The summed E-state index contributed by atoms with van der Waals surface area (Å²) in [7, 11) is 1.45. The SMILES string of the molecule is COc1c(C(C)=O)ccc(Cl)c1N. The van der Waals surface area contributed by atoms with Gasteiger partial charge in [0.1, 0.15) is 0 Å². The quantitative estimate of drug-likeness (QED) is 0.587. The average Bonchev–Trinajstić information content (AvgIpc) is 2.09. The van der Waals surface area contributed by atoms with Gasteiger partial charge < -0.3 is 10.5 Å². The van der Waals surface area contributed by atoms with E-state index in [2.05, 4.69) is 0 Å². The van der Waals surface area contributed by atoms with Gasteiger partial charge in [0, 0.05) is 0 Å². The molecule has 2 N–H and O–H groups in total. The maximum absolute atomic E-state index is 11.1. The Labute approximate surface area is 81.4 Å². The van der Waals surface area contributed by atoms with Crippen molar-refractivity contribution < 1.29 is 9.53 Å². The summed E-state index contributed by atoms with van der Waals surface area (Å²) in [6, 6.07) is 3.18. The van der Waals surface area contributed by atoms with Crippen molar-refractivity contribution in [2.24, 2.45) is 0 Å². The van der Waals surface area contributed by atoms with E-state index in [1.165, 1.54) is 14.0 Å². The molecule has 0 spiro atoms. The van der Waals surface area contributed by atoms with Crippen molar-refractivity contribution in [1.29, 1.82) is 0 Å². The summed E-state index contributed by atoms with van der Waals surface area (Å²) >= 11 is 5.75. The number of carbonyl (C=O) groups is 1. The van der Waals surface area contributed by atoms with Gasteiger partial charge in [0.15, 0.2) is 11.5 Å². The van der Waals surface area contributed by atoms with Crippen molar-refractivity contribution in [1.82, 2.24) is 0 Å². The van der Waals surface area contributed by atoms with Crippen LogP contribution < -0.4 is 10.5 Å². The lowest BCUT2D eigenvalue weighted by Gasteiger charge is -2.09. The minimum atomic E-state index is -0.0970. The Morgan fingerprint density at radius 3 is 2.62 bits per heavy atom. The van der Waals surface area contributed by atoms with Crippen molar-refractivity contribution >= 4 is 23.1 Å². The zero-order valence-corrected chi connectivity index (χ0v) is 8.18. The Morgan fingerprint density at radius 2 is 2.15 bits per heavy atom. The van der Waals surface area contributed by atoms with Crippen molar-refractivity contribution in [3.05, 3.63) is 22.7 Å². The first-order valence-electron chi connectivity index (χ1n) is 3.70. The van der Waals surface area contributed by atoms with Crippen LogP contribution in [0.1, 0.15) is 17.3 Å². The molecule has 0 saturated heterocycles. The molecule has 0 amide bonds. The summed E-state index contributed by atoms with van der Waals surface area (Å²) in [6.07, 6.45) is 0. The van der Waals surface area contributed by atoms with E-state index in [0.29, 0.717) is 22.0 Å². The largest absolute Gasteiger partial charge is 0.494 e. The number of ether oxygens (including phenoxy) is 1. The number of nitrogen functional groups attached to an aromatic ring is 1. The Balaban J connectivity index is 3.38. The van der Waals surface area contributed by atoms with Gasteiger partial charge >= 0.3 is 0 Å². The maximum atomic E-state index is 11.1. The van der Waals surface area contributed by atoms with Gasteiger partial charge in [0.05, 0.1) is 23.4 Å². The number of methoxy groups -OCH3 is 1. The lowest BCUT2D eigenvalue weighted by Crippen LogP contribution is -2.01. The predicted molar refractivity (Wildman–Crippen MR) is 52.4 cm³/mol. The monoisotopic (exact) mass is 199 g/mol. The topological polar surface area (TPSA) is 52.3 Å². The number of rotatable bonds is 2. The van der Waals surface area contributed by atoms with E-state index in [-0.39, 0.29) is 5.78 Å². The summed E-state index contributed by atoms with van der Waals surface area (Å²) in [5.41, 5.74) is 6.37. The number of anilines is 1. The molecule has 4 heteroatoms.